The van der Waals surface area contributed by atoms with Gasteiger partial charge in [-0.25, -0.2) is 4.79 Å². The molecule has 1 aromatic rings. The molecule has 1 fully saturated rings. The molecular formula is C42H71N5O9. The molecule has 318 valence electrons. The fourth-order valence-corrected chi connectivity index (χ4v) is 7.92. The second kappa shape index (κ2) is 22.9. The van der Waals surface area contributed by atoms with Crippen molar-refractivity contribution in [3.63, 3.8) is 0 Å². The molecule has 0 spiro atoms. The Bertz CT molecular complexity index is 1410. The predicted molar refractivity (Wildman–Crippen MR) is 215 cm³/mol. The van der Waals surface area contributed by atoms with E-state index in [0.29, 0.717) is 24.9 Å². The van der Waals surface area contributed by atoms with Gasteiger partial charge in [0.1, 0.15) is 12.1 Å². The predicted octanol–water partition coefficient (Wildman–Crippen LogP) is 4.40. The van der Waals surface area contributed by atoms with Crippen LogP contribution < -0.4 is 10.6 Å². The molecule has 0 bridgehead atoms. The molecule has 14 heteroatoms. The minimum absolute atomic E-state index is 0.0184. The van der Waals surface area contributed by atoms with Crippen molar-refractivity contribution >= 4 is 29.7 Å². The Balaban J connectivity index is 2.28. The molecule has 0 saturated carbocycles. The minimum atomic E-state index is -0.918. The van der Waals surface area contributed by atoms with Crippen molar-refractivity contribution in [2.75, 3.05) is 41.5 Å². The summed E-state index contributed by atoms with van der Waals surface area (Å²) in [6.07, 6.45) is -0.757. The first-order chi connectivity index (χ1) is 26.4. The second-order valence-corrected chi connectivity index (χ2v) is 16.0. The van der Waals surface area contributed by atoms with E-state index in [-0.39, 0.29) is 54.5 Å². The number of likely N-dealkylation sites (N-methyl/N-ethyl adjacent to an activating group) is 2. The number of methoxy groups -OCH3 is 2. The maximum Gasteiger partial charge on any atom is 0.410 e. The number of aliphatic hydroxyl groups excluding tert-OH is 1. The van der Waals surface area contributed by atoms with Crippen LogP contribution in [0, 0.1) is 23.7 Å². The Kier molecular flexibility index (Phi) is 19.8. The summed E-state index contributed by atoms with van der Waals surface area (Å²) in [6, 6.07) is 5.90. The molecule has 1 aromatic carbocycles. The molecule has 56 heavy (non-hydrogen) atoms. The van der Waals surface area contributed by atoms with E-state index in [1.165, 1.54) is 26.2 Å². The molecule has 2 rings (SSSR count). The van der Waals surface area contributed by atoms with Crippen LogP contribution in [0.1, 0.15) is 99.7 Å². The van der Waals surface area contributed by atoms with Gasteiger partial charge in [-0.05, 0) is 50.0 Å². The average molecular weight is 790 g/mol. The summed E-state index contributed by atoms with van der Waals surface area (Å²) in [5.74, 6) is -2.53. The van der Waals surface area contributed by atoms with Crippen molar-refractivity contribution in [1.82, 2.24) is 25.3 Å². The van der Waals surface area contributed by atoms with Crippen molar-refractivity contribution in [2.45, 2.75) is 137 Å². The highest BCUT2D eigenvalue weighted by atomic mass is 16.6. The first kappa shape index (κ1) is 48.4. The molecule has 1 aliphatic heterocycles. The van der Waals surface area contributed by atoms with Crippen molar-refractivity contribution < 1.29 is 43.3 Å². The number of ether oxygens (including phenoxy) is 3. The first-order valence-electron chi connectivity index (χ1n) is 20.2. The van der Waals surface area contributed by atoms with Crippen molar-refractivity contribution in [3.8, 4) is 0 Å². The number of nitrogens with one attached hydrogen (secondary N) is 2. The average Bonchev–Trinajstić information content (AvgIpc) is 3.65. The number of benzene rings is 1. The van der Waals surface area contributed by atoms with Crippen molar-refractivity contribution in [1.29, 1.82) is 0 Å². The molecule has 5 amide bonds. The number of likely N-dealkylation sites (tertiary alicyclic amines) is 1. The van der Waals surface area contributed by atoms with Crippen LogP contribution in [-0.4, -0.2) is 133 Å². The Morgan fingerprint density at radius 3 is 2.02 bits per heavy atom. The number of amides is 5. The number of carbonyl (C=O) groups excluding carboxylic acids is 5. The van der Waals surface area contributed by atoms with E-state index < -0.39 is 60.4 Å². The van der Waals surface area contributed by atoms with Crippen LogP contribution in [0.15, 0.2) is 30.3 Å². The number of hydrogen-bond acceptors (Lipinski definition) is 9. The Morgan fingerprint density at radius 1 is 0.875 bits per heavy atom. The third-order valence-electron chi connectivity index (χ3n) is 11.3. The normalized spacial score (nSPS) is 19.2. The SMILES string of the molecule is CCOC(=O)N(C)[C@H](C(=O)NC(C(=O)N(C)[C@@H]([C@@H](C)CC)[C@@H](CC(=O)N1CCC[C@H]1[C@H](OC)[C@@H](C)C(=O)N[C@H](C)[C@@H](O)c1ccccc1)OC)C(C)C)C(C)C. The lowest BCUT2D eigenvalue weighted by atomic mass is 9.89. The van der Waals surface area contributed by atoms with Gasteiger partial charge in [-0.3, -0.25) is 24.1 Å². The van der Waals surface area contributed by atoms with Gasteiger partial charge in [0.2, 0.25) is 23.6 Å². The van der Waals surface area contributed by atoms with E-state index in [1.54, 1.807) is 37.6 Å². The van der Waals surface area contributed by atoms with Crippen molar-refractivity contribution in [3.05, 3.63) is 35.9 Å². The van der Waals surface area contributed by atoms with Gasteiger partial charge in [-0.2, -0.15) is 0 Å². The number of rotatable bonds is 21. The van der Waals surface area contributed by atoms with Gasteiger partial charge < -0.3 is 39.8 Å². The van der Waals surface area contributed by atoms with Gasteiger partial charge in [-0.1, -0.05) is 85.2 Å². The van der Waals surface area contributed by atoms with Gasteiger partial charge in [0.05, 0.1) is 55.4 Å². The summed E-state index contributed by atoms with van der Waals surface area (Å²) in [6.45, 7) is 17.2. The molecule has 0 aliphatic carbocycles. The number of aliphatic hydroxyl groups is 1. The number of nitrogens with zero attached hydrogens (tertiary/aromatic N) is 3. The largest absolute Gasteiger partial charge is 0.450 e. The molecule has 10 atom stereocenters. The molecule has 1 heterocycles. The van der Waals surface area contributed by atoms with Crippen LogP contribution in [0.5, 0.6) is 0 Å². The van der Waals surface area contributed by atoms with Gasteiger partial charge in [0, 0.05) is 34.9 Å². The fourth-order valence-electron chi connectivity index (χ4n) is 7.92. The topological polar surface area (TPSA) is 167 Å². The molecule has 1 saturated heterocycles. The first-order valence-corrected chi connectivity index (χ1v) is 20.2. The maximum absolute atomic E-state index is 14.3. The van der Waals surface area contributed by atoms with E-state index in [9.17, 15) is 29.1 Å². The highest BCUT2D eigenvalue weighted by Gasteiger charge is 2.43. The molecule has 1 unspecified atom stereocenters. The van der Waals surface area contributed by atoms with Crippen LogP contribution in [0.4, 0.5) is 4.79 Å². The lowest BCUT2D eigenvalue weighted by molar-refractivity contribution is -0.148. The van der Waals surface area contributed by atoms with Gasteiger partial charge >= 0.3 is 6.09 Å². The summed E-state index contributed by atoms with van der Waals surface area (Å²) in [5, 5.41) is 16.7. The van der Waals surface area contributed by atoms with Crippen LogP contribution >= 0.6 is 0 Å². The van der Waals surface area contributed by atoms with E-state index in [4.69, 9.17) is 14.2 Å². The molecule has 0 radical (unpaired) electrons. The van der Waals surface area contributed by atoms with Gasteiger partial charge in [0.15, 0.2) is 0 Å². The lowest BCUT2D eigenvalue weighted by Crippen LogP contribution is -2.60. The van der Waals surface area contributed by atoms with E-state index in [2.05, 4.69) is 10.6 Å². The van der Waals surface area contributed by atoms with Crippen LogP contribution in [-0.2, 0) is 33.4 Å². The summed E-state index contributed by atoms with van der Waals surface area (Å²) in [7, 11) is 6.26. The molecule has 1 aliphatic rings. The summed E-state index contributed by atoms with van der Waals surface area (Å²) >= 11 is 0. The van der Waals surface area contributed by atoms with Gasteiger partial charge in [-0.15, -0.1) is 0 Å². The monoisotopic (exact) mass is 790 g/mol. The molecule has 14 nitrogen and oxygen atoms in total. The summed E-state index contributed by atoms with van der Waals surface area (Å²) in [5.41, 5.74) is 0.697. The van der Waals surface area contributed by atoms with Crippen molar-refractivity contribution in [2.24, 2.45) is 23.7 Å². The maximum atomic E-state index is 14.3. The zero-order valence-corrected chi connectivity index (χ0v) is 36.1. The standard InChI is InChI=1S/C42H71N5O9/c1-14-27(7)36(45(10)41(52)34(25(3)4)44-40(51)35(26(5)6)46(11)42(53)56-15-2)32(54-12)24-33(48)47-23-19-22-31(47)38(55-13)28(8)39(50)43-29(9)37(49)30-20-17-16-18-21-30/h16-18,20-21,25-29,31-32,34-38,49H,14-15,19,22-24H2,1-13H3,(H,43,50)(H,44,51)/t27-,28+,29+,31-,32+,34?,35-,36-,37+,38+/m0/s1. The Hall–Kier alpha value is -3.75. The number of hydrogen-bond donors (Lipinski definition) is 3. The Labute approximate surface area is 335 Å². The fraction of sp³-hybridized carbons (Fsp3) is 0.738. The Morgan fingerprint density at radius 2 is 1.50 bits per heavy atom. The molecular weight excluding hydrogens is 718 g/mol. The number of carbonyl (C=O) groups is 5. The highest BCUT2D eigenvalue weighted by molar-refractivity contribution is 5.91. The zero-order chi connectivity index (χ0) is 42.4. The molecule has 3 N–H and O–H groups in total. The van der Waals surface area contributed by atoms with Crippen LogP contribution in [0.2, 0.25) is 0 Å². The quantitative estimate of drug-likeness (QED) is 0.164. The second-order valence-electron chi connectivity index (χ2n) is 16.0. The minimum Gasteiger partial charge on any atom is -0.450 e. The van der Waals surface area contributed by atoms with E-state index in [1.807, 2.05) is 71.9 Å². The van der Waals surface area contributed by atoms with Crippen LogP contribution in [0.3, 0.4) is 0 Å². The summed E-state index contributed by atoms with van der Waals surface area (Å²) < 4.78 is 17.1. The van der Waals surface area contributed by atoms with Crippen LogP contribution in [0.25, 0.3) is 0 Å². The van der Waals surface area contributed by atoms with E-state index >= 15 is 0 Å². The molecule has 0 aromatic heterocycles. The van der Waals surface area contributed by atoms with E-state index in [0.717, 1.165) is 6.42 Å². The van der Waals surface area contributed by atoms with Gasteiger partial charge in [0.25, 0.3) is 0 Å². The highest BCUT2D eigenvalue weighted by Crippen LogP contribution is 2.30. The third-order valence-corrected chi connectivity index (χ3v) is 11.3. The summed E-state index contributed by atoms with van der Waals surface area (Å²) in [4.78, 5) is 72.9. The smallest absolute Gasteiger partial charge is 0.410 e. The zero-order valence-electron chi connectivity index (χ0n) is 36.1. The lowest BCUT2D eigenvalue weighted by Gasteiger charge is -2.41. The third kappa shape index (κ3) is 12.4.